The van der Waals surface area contributed by atoms with E-state index in [2.05, 4.69) is 6.07 Å². The lowest BCUT2D eigenvalue weighted by Crippen LogP contribution is -2.50. The number of hydrogen-bond acceptors (Lipinski definition) is 2. The third-order valence-corrected chi connectivity index (χ3v) is 4.03. The van der Waals surface area contributed by atoms with Crippen molar-refractivity contribution in [1.82, 2.24) is 4.90 Å². The second kappa shape index (κ2) is 6.16. The van der Waals surface area contributed by atoms with Crippen molar-refractivity contribution in [1.29, 1.82) is 0 Å². The van der Waals surface area contributed by atoms with Crippen LogP contribution in [0.15, 0.2) is 18.2 Å². The van der Waals surface area contributed by atoms with Gasteiger partial charge in [-0.2, -0.15) is 0 Å². The summed E-state index contributed by atoms with van der Waals surface area (Å²) < 4.78 is 0. The molecule has 1 heterocycles. The van der Waals surface area contributed by atoms with Gasteiger partial charge in [-0.25, -0.2) is 9.59 Å². The molecule has 1 atom stereocenters. The van der Waals surface area contributed by atoms with Gasteiger partial charge in [0.15, 0.2) is 0 Å². The van der Waals surface area contributed by atoms with Gasteiger partial charge in [-0.05, 0) is 37.8 Å². The predicted octanol–water partition coefficient (Wildman–Crippen LogP) is 2.66. The first-order chi connectivity index (χ1) is 9.95. The smallest absolute Gasteiger partial charge is 0.326 e. The molecule has 1 aliphatic rings. The minimum absolute atomic E-state index is 0.242. The topological polar surface area (TPSA) is 60.9 Å². The summed E-state index contributed by atoms with van der Waals surface area (Å²) in [5, 5.41) is 9.21. The van der Waals surface area contributed by atoms with Gasteiger partial charge in [0.25, 0.3) is 0 Å². The van der Waals surface area contributed by atoms with Crippen molar-refractivity contribution in [3.05, 3.63) is 29.3 Å². The van der Waals surface area contributed by atoms with Gasteiger partial charge in [0.2, 0.25) is 0 Å². The Kier molecular flexibility index (Phi) is 4.50. The number of carboxylic acids is 1. The first-order valence-corrected chi connectivity index (χ1v) is 7.32. The Bertz CT molecular complexity index is 556. The van der Waals surface area contributed by atoms with E-state index in [4.69, 9.17) is 0 Å². The fourth-order valence-electron chi connectivity index (χ4n) is 2.86. The summed E-state index contributed by atoms with van der Waals surface area (Å²) >= 11 is 0. The number of carboxylic acid groups (broad SMARTS) is 1. The van der Waals surface area contributed by atoms with Crippen LogP contribution in [0.2, 0.25) is 0 Å². The lowest BCUT2D eigenvalue weighted by atomic mass is 10.00. The van der Waals surface area contributed by atoms with E-state index in [1.54, 1.807) is 18.9 Å². The normalized spacial score (nSPS) is 15.3. The molecule has 1 N–H and O–H groups in total. The summed E-state index contributed by atoms with van der Waals surface area (Å²) in [5.74, 6) is -0.963. The Hall–Kier alpha value is -2.04. The van der Waals surface area contributed by atoms with E-state index < -0.39 is 12.0 Å². The van der Waals surface area contributed by atoms with Crippen LogP contribution in [0.4, 0.5) is 10.5 Å². The van der Waals surface area contributed by atoms with Crippen LogP contribution in [0.25, 0.3) is 0 Å². The molecule has 21 heavy (non-hydrogen) atoms. The number of likely N-dealkylation sites (N-methyl/N-ethyl adjacent to an activating group) is 1. The number of anilines is 1. The van der Waals surface area contributed by atoms with Crippen molar-refractivity contribution in [3.63, 3.8) is 0 Å². The van der Waals surface area contributed by atoms with Gasteiger partial charge < -0.3 is 10.0 Å². The number of amides is 2. The number of carbonyl (C=O) groups is 2. The summed E-state index contributed by atoms with van der Waals surface area (Å²) in [7, 11) is 1.56. The molecule has 0 saturated heterocycles. The number of benzene rings is 1. The number of carbonyl (C=O) groups excluding carboxylic acids is 1. The van der Waals surface area contributed by atoms with Crippen LogP contribution in [0.1, 0.15) is 30.9 Å². The van der Waals surface area contributed by atoms with Crippen molar-refractivity contribution >= 4 is 17.7 Å². The van der Waals surface area contributed by atoms with E-state index in [0.717, 1.165) is 24.1 Å². The molecule has 0 aromatic heterocycles. The maximum absolute atomic E-state index is 12.6. The Morgan fingerprint density at radius 3 is 2.76 bits per heavy atom. The van der Waals surface area contributed by atoms with Crippen LogP contribution in [0.5, 0.6) is 0 Å². The lowest BCUT2D eigenvalue weighted by Gasteiger charge is -2.35. The predicted molar refractivity (Wildman–Crippen MR) is 81.7 cm³/mol. The van der Waals surface area contributed by atoms with Crippen LogP contribution in [-0.2, 0) is 11.2 Å². The molecule has 1 unspecified atom stereocenters. The van der Waals surface area contributed by atoms with Crippen LogP contribution in [0.3, 0.4) is 0 Å². The van der Waals surface area contributed by atoms with E-state index >= 15 is 0 Å². The van der Waals surface area contributed by atoms with Gasteiger partial charge in [-0.1, -0.05) is 24.6 Å². The molecule has 0 fully saturated rings. The van der Waals surface area contributed by atoms with Crippen molar-refractivity contribution in [2.75, 3.05) is 18.5 Å². The van der Waals surface area contributed by atoms with E-state index in [-0.39, 0.29) is 6.03 Å². The van der Waals surface area contributed by atoms with E-state index in [9.17, 15) is 14.7 Å². The summed E-state index contributed by atoms with van der Waals surface area (Å²) in [6.07, 6.45) is 2.26. The van der Waals surface area contributed by atoms with Crippen molar-refractivity contribution < 1.29 is 14.7 Å². The molecule has 5 heteroatoms. The van der Waals surface area contributed by atoms with Gasteiger partial charge in [-0.3, -0.25) is 4.90 Å². The van der Waals surface area contributed by atoms with Crippen molar-refractivity contribution in [2.45, 2.75) is 39.2 Å². The maximum Gasteiger partial charge on any atom is 0.326 e. The Morgan fingerprint density at radius 1 is 1.43 bits per heavy atom. The van der Waals surface area contributed by atoms with Gasteiger partial charge in [0, 0.05) is 19.3 Å². The number of urea groups is 1. The second-order valence-electron chi connectivity index (χ2n) is 5.54. The number of hydrogen-bond donors (Lipinski definition) is 1. The Labute approximate surface area is 125 Å². The molecule has 0 bridgehead atoms. The molecular formula is C16H22N2O3. The second-order valence-corrected chi connectivity index (χ2v) is 5.54. The molecule has 5 nitrogen and oxygen atoms in total. The van der Waals surface area contributed by atoms with Crippen LogP contribution in [-0.4, -0.2) is 41.6 Å². The fraction of sp³-hybridized carbons (Fsp3) is 0.500. The number of fused-ring (bicyclic) bond motifs is 1. The summed E-state index contributed by atoms with van der Waals surface area (Å²) in [5.41, 5.74) is 3.24. The quantitative estimate of drug-likeness (QED) is 0.931. The molecule has 2 amide bonds. The van der Waals surface area contributed by atoms with Gasteiger partial charge in [0.1, 0.15) is 6.04 Å². The van der Waals surface area contributed by atoms with Gasteiger partial charge in [-0.15, -0.1) is 0 Å². The molecule has 0 aliphatic carbocycles. The van der Waals surface area contributed by atoms with Gasteiger partial charge in [0.05, 0.1) is 0 Å². The summed E-state index contributed by atoms with van der Waals surface area (Å²) in [6, 6.07) is 5.02. The monoisotopic (exact) mass is 290 g/mol. The zero-order valence-electron chi connectivity index (χ0n) is 12.8. The lowest BCUT2D eigenvalue weighted by molar-refractivity contribution is -0.141. The summed E-state index contributed by atoms with van der Waals surface area (Å²) in [4.78, 5) is 26.9. The molecule has 1 aromatic carbocycles. The van der Waals surface area contributed by atoms with Crippen molar-refractivity contribution in [2.24, 2.45) is 0 Å². The van der Waals surface area contributed by atoms with E-state index in [1.807, 2.05) is 19.1 Å². The number of nitrogens with zero attached hydrogens (tertiary/aromatic N) is 2. The van der Waals surface area contributed by atoms with Crippen LogP contribution in [0, 0.1) is 6.92 Å². The summed E-state index contributed by atoms with van der Waals surface area (Å²) in [6.45, 7) is 4.44. The first kappa shape index (κ1) is 15.4. The molecule has 1 aromatic rings. The van der Waals surface area contributed by atoms with E-state index in [0.29, 0.717) is 13.0 Å². The largest absolute Gasteiger partial charge is 0.480 e. The van der Waals surface area contributed by atoms with E-state index in [1.165, 1.54) is 10.5 Å². The highest BCUT2D eigenvalue weighted by molar-refractivity contribution is 5.95. The Morgan fingerprint density at radius 2 is 2.14 bits per heavy atom. The zero-order valence-corrected chi connectivity index (χ0v) is 12.8. The molecule has 114 valence electrons. The van der Waals surface area contributed by atoms with Crippen LogP contribution < -0.4 is 4.90 Å². The molecule has 1 aliphatic heterocycles. The molecule has 0 saturated carbocycles. The molecule has 0 radical (unpaired) electrons. The third kappa shape index (κ3) is 3.01. The number of aryl methyl sites for hydroxylation is 2. The standard InChI is InChI=1S/C16H22N2O3/c1-4-13(15(19)20)17(3)16(21)18-9-5-6-12-10-11(2)7-8-14(12)18/h7-8,10,13H,4-6,9H2,1-3H3,(H,19,20). The SMILES string of the molecule is CCC(C(=O)O)N(C)C(=O)N1CCCc2cc(C)ccc21. The van der Waals surface area contributed by atoms with Crippen molar-refractivity contribution in [3.8, 4) is 0 Å². The molecule has 2 rings (SSSR count). The first-order valence-electron chi connectivity index (χ1n) is 7.32. The fourth-order valence-corrected chi connectivity index (χ4v) is 2.86. The maximum atomic E-state index is 12.6. The van der Waals surface area contributed by atoms with Crippen LogP contribution >= 0.6 is 0 Å². The highest BCUT2D eigenvalue weighted by Crippen LogP contribution is 2.29. The Balaban J connectivity index is 2.27. The third-order valence-electron chi connectivity index (χ3n) is 4.03. The molecule has 0 spiro atoms. The highest BCUT2D eigenvalue weighted by atomic mass is 16.4. The minimum Gasteiger partial charge on any atom is -0.480 e. The average molecular weight is 290 g/mol. The average Bonchev–Trinajstić information content (AvgIpc) is 2.45. The number of aliphatic carboxylic acids is 1. The minimum atomic E-state index is -0.963. The molecular weight excluding hydrogens is 268 g/mol. The highest BCUT2D eigenvalue weighted by Gasteiger charge is 2.31. The number of rotatable bonds is 3. The van der Waals surface area contributed by atoms with Gasteiger partial charge >= 0.3 is 12.0 Å². The zero-order chi connectivity index (χ0) is 15.6.